The van der Waals surface area contributed by atoms with E-state index in [2.05, 4.69) is 35.4 Å². The van der Waals surface area contributed by atoms with Crippen molar-refractivity contribution in [3.05, 3.63) is 52.8 Å². The molecule has 0 spiro atoms. The van der Waals surface area contributed by atoms with Gasteiger partial charge >= 0.3 is 0 Å². The van der Waals surface area contributed by atoms with Crippen LogP contribution in [0.5, 0.6) is 0 Å². The van der Waals surface area contributed by atoms with Crippen molar-refractivity contribution in [3.63, 3.8) is 0 Å². The summed E-state index contributed by atoms with van der Waals surface area (Å²) in [5.74, 6) is 0.123. The number of anilines is 1. The zero-order chi connectivity index (χ0) is 17.4. The molecule has 0 saturated carbocycles. The van der Waals surface area contributed by atoms with Crippen LogP contribution in [0.3, 0.4) is 0 Å². The lowest BCUT2D eigenvalue weighted by Gasteiger charge is -2.30. The molecular weight excluding hydrogens is 332 g/mol. The van der Waals surface area contributed by atoms with Gasteiger partial charge in [-0.25, -0.2) is 4.98 Å². The first-order valence-electron chi connectivity index (χ1n) is 8.67. The number of thiazole rings is 1. The molecule has 0 saturated heterocycles. The number of aryl methyl sites for hydroxylation is 2. The highest BCUT2D eigenvalue weighted by Crippen LogP contribution is 2.28. The summed E-state index contributed by atoms with van der Waals surface area (Å²) in [6.07, 6.45) is 6.10. The highest BCUT2D eigenvalue weighted by molar-refractivity contribution is 7.15. The van der Waals surface area contributed by atoms with Crippen LogP contribution >= 0.6 is 11.3 Å². The molecule has 2 aromatic heterocycles. The Morgan fingerprint density at radius 1 is 1.44 bits per heavy atom. The van der Waals surface area contributed by atoms with Gasteiger partial charge in [0.2, 0.25) is 5.91 Å². The normalized spacial score (nSPS) is 15.4. The molecule has 4 rings (SSSR count). The van der Waals surface area contributed by atoms with Gasteiger partial charge in [-0.05, 0) is 38.3 Å². The number of carbonyl (C=O) groups is 1. The fourth-order valence-electron chi connectivity index (χ4n) is 3.38. The lowest BCUT2D eigenvalue weighted by atomic mass is 9.99. The van der Waals surface area contributed by atoms with E-state index in [1.807, 2.05) is 34.0 Å². The Balaban J connectivity index is 1.43. The molecule has 0 radical (unpaired) electrons. The van der Waals surface area contributed by atoms with Crippen LogP contribution in [-0.2, 0) is 11.2 Å². The molecule has 25 heavy (non-hydrogen) atoms. The summed E-state index contributed by atoms with van der Waals surface area (Å²) in [4.78, 5) is 20.2. The third-order valence-corrected chi connectivity index (χ3v) is 5.54. The van der Waals surface area contributed by atoms with Crippen LogP contribution in [0.25, 0.3) is 4.96 Å². The lowest BCUT2D eigenvalue weighted by Crippen LogP contribution is -2.41. The van der Waals surface area contributed by atoms with Gasteiger partial charge < -0.3 is 10.2 Å². The summed E-state index contributed by atoms with van der Waals surface area (Å²) in [5.41, 5.74) is 4.56. The van der Waals surface area contributed by atoms with Crippen molar-refractivity contribution in [2.75, 3.05) is 18.0 Å². The van der Waals surface area contributed by atoms with Gasteiger partial charge in [-0.1, -0.05) is 17.7 Å². The van der Waals surface area contributed by atoms with Crippen molar-refractivity contribution in [1.29, 1.82) is 0 Å². The fraction of sp³-hybridized carbons (Fsp3) is 0.368. The second kappa shape index (κ2) is 6.61. The Kier molecular flexibility index (Phi) is 4.31. The largest absolute Gasteiger partial charge is 0.311 e. The summed E-state index contributed by atoms with van der Waals surface area (Å²) in [6, 6.07) is 6.40. The number of imidazole rings is 1. The molecule has 1 atom stereocenters. The Bertz CT molecular complexity index is 885. The van der Waals surface area contributed by atoms with Gasteiger partial charge in [-0.2, -0.15) is 0 Å². The van der Waals surface area contributed by atoms with E-state index in [1.165, 1.54) is 11.1 Å². The zero-order valence-electron chi connectivity index (χ0n) is 14.5. The predicted molar refractivity (Wildman–Crippen MR) is 101 cm³/mol. The standard InChI is InChI=1S/C19H22N4OS/c1-13-5-6-17-15(10-13)4-3-7-23(17)18(24)11-20-14(2)16-12-22-8-9-25-19(22)21-16/h5-6,8-10,12,14,20H,3-4,7,11H2,1-2H3/t14-/m0/s1. The van der Waals surface area contributed by atoms with Crippen LogP contribution in [0.4, 0.5) is 5.69 Å². The van der Waals surface area contributed by atoms with Crippen molar-refractivity contribution in [1.82, 2.24) is 14.7 Å². The first kappa shape index (κ1) is 16.3. The summed E-state index contributed by atoms with van der Waals surface area (Å²) in [6.45, 7) is 5.26. The van der Waals surface area contributed by atoms with E-state index >= 15 is 0 Å². The molecule has 1 N–H and O–H groups in total. The van der Waals surface area contributed by atoms with E-state index in [1.54, 1.807) is 11.3 Å². The van der Waals surface area contributed by atoms with Crippen LogP contribution in [0.1, 0.15) is 36.2 Å². The number of carbonyl (C=O) groups excluding carboxylic acids is 1. The second-order valence-electron chi connectivity index (χ2n) is 6.64. The lowest BCUT2D eigenvalue weighted by molar-refractivity contribution is -0.118. The summed E-state index contributed by atoms with van der Waals surface area (Å²) >= 11 is 1.61. The smallest absolute Gasteiger partial charge is 0.240 e. The Morgan fingerprint density at radius 3 is 3.16 bits per heavy atom. The van der Waals surface area contributed by atoms with Gasteiger partial charge in [-0.3, -0.25) is 9.20 Å². The van der Waals surface area contributed by atoms with Crippen LogP contribution in [-0.4, -0.2) is 28.4 Å². The van der Waals surface area contributed by atoms with Crippen LogP contribution in [0, 0.1) is 6.92 Å². The quantitative estimate of drug-likeness (QED) is 0.782. The van der Waals surface area contributed by atoms with E-state index < -0.39 is 0 Å². The molecule has 1 amide bonds. The molecule has 0 bridgehead atoms. The number of amides is 1. The number of fused-ring (bicyclic) bond motifs is 2. The van der Waals surface area contributed by atoms with E-state index in [9.17, 15) is 4.79 Å². The Hall–Kier alpha value is -2.18. The molecule has 0 unspecified atom stereocenters. The van der Waals surface area contributed by atoms with E-state index in [0.717, 1.165) is 35.7 Å². The minimum atomic E-state index is 0.0401. The summed E-state index contributed by atoms with van der Waals surface area (Å²) < 4.78 is 2.02. The second-order valence-corrected chi connectivity index (χ2v) is 7.52. The minimum Gasteiger partial charge on any atom is -0.311 e. The molecule has 0 fully saturated rings. The number of nitrogens with zero attached hydrogens (tertiary/aromatic N) is 3. The number of rotatable bonds is 4. The maximum atomic E-state index is 12.7. The molecule has 1 aliphatic heterocycles. The topological polar surface area (TPSA) is 49.6 Å². The van der Waals surface area contributed by atoms with Gasteiger partial charge in [-0.15, -0.1) is 11.3 Å². The minimum absolute atomic E-state index is 0.0401. The highest BCUT2D eigenvalue weighted by atomic mass is 32.1. The van der Waals surface area contributed by atoms with E-state index in [0.29, 0.717) is 6.54 Å². The molecule has 1 aliphatic rings. The van der Waals surface area contributed by atoms with Gasteiger partial charge in [0.05, 0.1) is 12.2 Å². The van der Waals surface area contributed by atoms with E-state index in [-0.39, 0.29) is 11.9 Å². The first-order chi connectivity index (χ1) is 12.1. The van der Waals surface area contributed by atoms with Gasteiger partial charge in [0.1, 0.15) is 0 Å². The molecule has 130 valence electrons. The van der Waals surface area contributed by atoms with Crippen molar-refractivity contribution >= 4 is 27.9 Å². The van der Waals surface area contributed by atoms with Crippen molar-refractivity contribution in [2.45, 2.75) is 32.7 Å². The summed E-state index contributed by atoms with van der Waals surface area (Å²) in [5, 5.41) is 5.34. The van der Waals surface area contributed by atoms with Crippen molar-refractivity contribution in [2.24, 2.45) is 0 Å². The van der Waals surface area contributed by atoms with Crippen LogP contribution < -0.4 is 10.2 Å². The maximum absolute atomic E-state index is 12.7. The predicted octanol–water partition coefficient (Wildman–Crippen LogP) is 3.33. The first-order valence-corrected chi connectivity index (χ1v) is 9.55. The van der Waals surface area contributed by atoms with Gasteiger partial charge in [0, 0.05) is 36.0 Å². The zero-order valence-corrected chi connectivity index (χ0v) is 15.3. The molecular formula is C19H22N4OS. The molecule has 0 aliphatic carbocycles. The summed E-state index contributed by atoms with van der Waals surface area (Å²) in [7, 11) is 0. The monoisotopic (exact) mass is 354 g/mol. The molecule has 3 aromatic rings. The number of nitrogens with one attached hydrogen (secondary N) is 1. The number of hydrogen-bond donors (Lipinski definition) is 1. The SMILES string of the molecule is Cc1ccc2c(c1)CCCN2C(=O)CN[C@@H](C)c1cn2ccsc2n1. The van der Waals surface area contributed by atoms with Gasteiger partial charge in [0.15, 0.2) is 4.96 Å². The van der Waals surface area contributed by atoms with Crippen molar-refractivity contribution < 1.29 is 4.79 Å². The molecule has 6 heteroatoms. The Morgan fingerprint density at radius 2 is 2.32 bits per heavy atom. The number of benzene rings is 1. The average molecular weight is 354 g/mol. The van der Waals surface area contributed by atoms with Crippen LogP contribution in [0.15, 0.2) is 36.0 Å². The third-order valence-electron chi connectivity index (χ3n) is 4.77. The number of aromatic nitrogens is 2. The average Bonchev–Trinajstić information content (AvgIpc) is 3.20. The third kappa shape index (κ3) is 3.19. The van der Waals surface area contributed by atoms with Gasteiger partial charge in [0.25, 0.3) is 0 Å². The van der Waals surface area contributed by atoms with Crippen molar-refractivity contribution in [3.8, 4) is 0 Å². The van der Waals surface area contributed by atoms with E-state index in [4.69, 9.17) is 0 Å². The Labute approximate surface area is 151 Å². The highest BCUT2D eigenvalue weighted by Gasteiger charge is 2.23. The molecule has 5 nitrogen and oxygen atoms in total. The molecule has 3 heterocycles. The maximum Gasteiger partial charge on any atom is 0.240 e. The van der Waals surface area contributed by atoms with Crippen LogP contribution in [0.2, 0.25) is 0 Å². The number of hydrogen-bond acceptors (Lipinski definition) is 4. The molecule has 1 aromatic carbocycles. The fourth-order valence-corrected chi connectivity index (χ4v) is 4.09.